The van der Waals surface area contributed by atoms with Crippen molar-refractivity contribution in [3.05, 3.63) is 65.5 Å². The van der Waals surface area contributed by atoms with Gasteiger partial charge in [-0.05, 0) is 42.9 Å². The average Bonchev–Trinajstić information content (AvgIpc) is 2.99. The molecule has 0 radical (unpaired) electrons. The summed E-state index contributed by atoms with van der Waals surface area (Å²) in [5, 5.41) is 0. The zero-order valence-corrected chi connectivity index (χ0v) is 15.5. The lowest BCUT2D eigenvalue weighted by atomic mass is 9.94. The second kappa shape index (κ2) is 7.58. The minimum atomic E-state index is 0.179. The van der Waals surface area contributed by atoms with Crippen molar-refractivity contribution in [1.82, 2.24) is 14.8 Å². The third-order valence-corrected chi connectivity index (χ3v) is 5.72. The van der Waals surface area contributed by atoms with Gasteiger partial charge < -0.3 is 4.90 Å². The molecule has 2 atom stereocenters. The lowest BCUT2D eigenvalue weighted by Crippen LogP contribution is -2.47. The molecule has 2 aromatic rings. The van der Waals surface area contributed by atoms with E-state index < -0.39 is 0 Å². The maximum absolute atomic E-state index is 13.2. The Kier molecular flexibility index (Phi) is 5.02. The normalized spacial score (nSPS) is 23.0. The van der Waals surface area contributed by atoms with Crippen molar-refractivity contribution in [2.45, 2.75) is 38.8 Å². The number of amides is 1. The zero-order valence-electron chi connectivity index (χ0n) is 15.5. The van der Waals surface area contributed by atoms with Gasteiger partial charge in [-0.15, -0.1) is 0 Å². The van der Waals surface area contributed by atoms with Crippen LogP contribution in [0.1, 0.15) is 41.4 Å². The van der Waals surface area contributed by atoms with Crippen LogP contribution in [0.4, 0.5) is 0 Å². The van der Waals surface area contributed by atoms with Gasteiger partial charge in [0, 0.05) is 49.7 Å². The number of carbonyl (C=O) groups is 1. The van der Waals surface area contributed by atoms with E-state index in [2.05, 4.69) is 52.0 Å². The van der Waals surface area contributed by atoms with E-state index in [0.717, 1.165) is 50.3 Å². The smallest absolute Gasteiger partial charge is 0.254 e. The summed E-state index contributed by atoms with van der Waals surface area (Å²) in [6, 6.07) is 14.8. The monoisotopic (exact) mass is 349 g/mol. The van der Waals surface area contributed by atoms with Crippen LogP contribution in [0.2, 0.25) is 0 Å². The molecule has 3 aliphatic rings. The van der Waals surface area contributed by atoms with Crippen LogP contribution in [0.25, 0.3) is 0 Å². The molecule has 3 saturated heterocycles. The number of piperidine rings is 1. The summed E-state index contributed by atoms with van der Waals surface area (Å²) in [6.07, 6.45) is 4.98. The lowest BCUT2D eigenvalue weighted by molar-refractivity contribution is 0.0584. The average molecular weight is 349 g/mol. The molecule has 0 aliphatic carbocycles. The van der Waals surface area contributed by atoms with Gasteiger partial charge in [0.25, 0.3) is 5.91 Å². The van der Waals surface area contributed by atoms with Gasteiger partial charge in [-0.2, -0.15) is 0 Å². The molecule has 136 valence electrons. The molecule has 3 fully saturated rings. The molecule has 1 amide bonds. The van der Waals surface area contributed by atoms with Crippen molar-refractivity contribution in [3.8, 4) is 0 Å². The summed E-state index contributed by atoms with van der Waals surface area (Å²) >= 11 is 0. The van der Waals surface area contributed by atoms with E-state index in [1.165, 1.54) is 12.0 Å². The maximum Gasteiger partial charge on any atom is 0.254 e. The zero-order chi connectivity index (χ0) is 17.9. The van der Waals surface area contributed by atoms with Gasteiger partial charge >= 0.3 is 0 Å². The van der Waals surface area contributed by atoms with Crippen molar-refractivity contribution < 1.29 is 4.79 Å². The summed E-state index contributed by atoms with van der Waals surface area (Å²) in [4.78, 5) is 22.2. The summed E-state index contributed by atoms with van der Waals surface area (Å²) in [5.41, 5.74) is 3.13. The third kappa shape index (κ3) is 3.65. The molecule has 2 unspecified atom stereocenters. The second-order valence-corrected chi connectivity index (χ2v) is 7.62. The van der Waals surface area contributed by atoms with E-state index in [-0.39, 0.29) is 5.91 Å². The predicted octanol–water partition coefficient (Wildman–Crippen LogP) is 3.38. The fourth-order valence-electron chi connectivity index (χ4n) is 4.37. The predicted molar refractivity (Wildman–Crippen MR) is 103 cm³/mol. The molecule has 2 bridgehead atoms. The Morgan fingerprint density at radius 3 is 2.77 bits per heavy atom. The van der Waals surface area contributed by atoms with Gasteiger partial charge in [-0.3, -0.25) is 14.7 Å². The van der Waals surface area contributed by atoms with Crippen molar-refractivity contribution in [1.29, 1.82) is 0 Å². The van der Waals surface area contributed by atoms with Gasteiger partial charge in [0.05, 0.1) is 0 Å². The number of aryl methyl sites for hydroxylation is 1. The van der Waals surface area contributed by atoms with Gasteiger partial charge in [0.2, 0.25) is 0 Å². The van der Waals surface area contributed by atoms with Crippen LogP contribution in [0.3, 0.4) is 0 Å². The molecule has 1 aromatic carbocycles. The highest BCUT2D eigenvalue weighted by Gasteiger charge is 2.37. The quantitative estimate of drug-likeness (QED) is 0.849. The number of carbonyl (C=O) groups excluding carboxylic acids is 1. The summed E-state index contributed by atoms with van der Waals surface area (Å²) in [6.45, 7) is 6.00. The number of rotatable bonds is 4. The first-order chi connectivity index (χ1) is 12.7. The van der Waals surface area contributed by atoms with Crippen LogP contribution in [-0.2, 0) is 13.0 Å². The van der Waals surface area contributed by atoms with E-state index in [4.69, 9.17) is 0 Å². The maximum atomic E-state index is 13.2. The van der Waals surface area contributed by atoms with Crippen LogP contribution in [0.5, 0.6) is 0 Å². The second-order valence-electron chi connectivity index (χ2n) is 7.62. The van der Waals surface area contributed by atoms with Crippen molar-refractivity contribution >= 4 is 5.91 Å². The Morgan fingerprint density at radius 2 is 1.96 bits per heavy atom. The fourth-order valence-corrected chi connectivity index (χ4v) is 4.37. The van der Waals surface area contributed by atoms with Crippen LogP contribution in [0.15, 0.2) is 48.7 Å². The lowest BCUT2D eigenvalue weighted by Gasteiger charge is -2.36. The Morgan fingerprint density at radius 1 is 1.12 bits per heavy atom. The Labute approximate surface area is 155 Å². The summed E-state index contributed by atoms with van der Waals surface area (Å²) in [7, 11) is 0. The number of benzene rings is 1. The molecular weight excluding hydrogens is 322 g/mol. The van der Waals surface area contributed by atoms with Gasteiger partial charge in [0.1, 0.15) is 0 Å². The van der Waals surface area contributed by atoms with Crippen LogP contribution in [0, 0.1) is 5.92 Å². The van der Waals surface area contributed by atoms with E-state index in [0.29, 0.717) is 12.0 Å². The van der Waals surface area contributed by atoms with E-state index in [9.17, 15) is 4.79 Å². The number of pyridine rings is 1. The SMILES string of the molecule is CCc1cc(C(=O)N2CC3CCC2CN(Cc2ccccc2)C3)ccn1. The molecular formula is C22H27N3O. The van der Waals surface area contributed by atoms with E-state index >= 15 is 0 Å². The minimum absolute atomic E-state index is 0.179. The Hall–Kier alpha value is -2.20. The van der Waals surface area contributed by atoms with E-state index in [1.807, 2.05) is 12.1 Å². The summed E-state index contributed by atoms with van der Waals surface area (Å²) in [5.74, 6) is 0.757. The van der Waals surface area contributed by atoms with Crippen LogP contribution < -0.4 is 0 Å². The van der Waals surface area contributed by atoms with Crippen LogP contribution in [-0.4, -0.2) is 46.4 Å². The summed E-state index contributed by atoms with van der Waals surface area (Å²) < 4.78 is 0. The number of aromatic nitrogens is 1. The molecule has 5 rings (SSSR count). The first-order valence-corrected chi connectivity index (χ1v) is 9.75. The molecule has 0 saturated carbocycles. The van der Waals surface area contributed by atoms with Crippen LogP contribution >= 0.6 is 0 Å². The van der Waals surface area contributed by atoms with Crippen molar-refractivity contribution in [2.24, 2.45) is 5.92 Å². The highest BCUT2D eigenvalue weighted by Crippen LogP contribution is 2.30. The topological polar surface area (TPSA) is 36.4 Å². The fraction of sp³-hybridized carbons (Fsp3) is 0.455. The molecule has 26 heavy (non-hydrogen) atoms. The molecule has 0 spiro atoms. The molecule has 4 nitrogen and oxygen atoms in total. The molecule has 3 aliphatic heterocycles. The van der Waals surface area contributed by atoms with Crippen molar-refractivity contribution in [3.63, 3.8) is 0 Å². The number of hydrogen-bond acceptors (Lipinski definition) is 3. The molecule has 1 aromatic heterocycles. The Balaban J connectivity index is 1.50. The first-order valence-electron chi connectivity index (χ1n) is 9.75. The molecule has 0 N–H and O–H groups in total. The largest absolute Gasteiger partial charge is 0.334 e. The van der Waals surface area contributed by atoms with Gasteiger partial charge in [-0.1, -0.05) is 37.3 Å². The van der Waals surface area contributed by atoms with E-state index in [1.54, 1.807) is 6.20 Å². The minimum Gasteiger partial charge on any atom is -0.334 e. The number of hydrogen-bond donors (Lipinski definition) is 0. The highest BCUT2D eigenvalue weighted by molar-refractivity contribution is 5.94. The van der Waals surface area contributed by atoms with Gasteiger partial charge in [0.15, 0.2) is 0 Å². The van der Waals surface area contributed by atoms with Crippen molar-refractivity contribution in [2.75, 3.05) is 19.6 Å². The third-order valence-electron chi connectivity index (χ3n) is 5.72. The Bertz CT molecular complexity index is 761. The first kappa shape index (κ1) is 17.2. The number of nitrogens with zero attached hydrogens (tertiary/aromatic N) is 3. The molecule has 4 heteroatoms. The standard InChI is InChI=1S/C22H27N3O/c1-2-20-12-19(10-11-23-20)22(26)25-15-18-8-9-21(25)16-24(14-18)13-17-6-4-3-5-7-17/h3-7,10-12,18,21H,2,8-9,13-16H2,1H3. The molecule has 4 heterocycles. The highest BCUT2D eigenvalue weighted by atomic mass is 16.2. The number of fused-ring (bicyclic) bond motifs is 4. The van der Waals surface area contributed by atoms with Gasteiger partial charge in [-0.25, -0.2) is 0 Å².